The first-order valence-electron chi connectivity index (χ1n) is 10.2. The highest BCUT2D eigenvalue weighted by Gasteiger charge is 2.58. The van der Waals surface area contributed by atoms with Crippen LogP contribution in [0.2, 0.25) is 5.02 Å². The zero-order chi connectivity index (χ0) is 21.6. The molecule has 0 bridgehead atoms. The molecular formula is C23H27ClO6. The van der Waals surface area contributed by atoms with E-state index in [-0.39, 0.29) is 6.42 Å². The summed E-state index contributed by atoms with van der Waals surface area (Å²) in [7, 11) is 0. The molecule has 1 heterocycles. The zero-order valence-electron chi connectivity index (χ0n) is 16.7. The van der Waals surface area contributed by atoms with Crippen molar-refractivity contribution in [2.75, 3.05) is 6.61 Å². The minimum absolute atomic E-state index is 0.00520. The minimum atomic E-state index is -1.52. The summed E-state index contributed by atoms with van der Waals surface area (Å²) in [5.74, 6) is 0. The Morgan fingerprint density at radius 1 is 1.03 bits per heavy atom. The molecule has 1 aliphatic carbocycles. The number of fused-ring (bicyclic) bond motifs is 2. The third-order valence-electron chi connectivity index (χ3n) is 6.43. The molecule has 6 atom stereocenters. The molecular weight excluding hydrogens is 408 g/mol. The summed E-state index contributed by atoms with van der Waals surface area (Å²) in [6, 6.07) is 11.7. The monoisotopic (exact) mass is 434 g/mol. The highest BCUT2D eigenvalue weighted by Crippen LogP contribution is 2.52. The number of benzene rings is 2. The molecule has 1 spiro atoms. The van der Waals surface area contributed by atoms with E-state index in [1.807, 2.05) is 12.1 Å². The molecule has 1 fully saturated rings. The van der Waals surface area contributed by atoms with Crippen LogP contribution >= 0.6 is 11.6 Å². The van der Waals surface area contributed by atoms with Gasteiger partial charge in [-0.3, -0.25) is 0 Å². The Kier molecular flexibility index (Phi) is 5.94. The lowest BCUT2D eigenvalue weighted by Crippen LogP contribution is -2.62. The maximum absolute atomic E-state index is 10.8. The van der Waals surface area contributed by atoms with Gasteiger partial charge in [-0.1, -0.05) is 48.9 Å². The minimum Gasteiger partial charge on any atom is -0.394 e. The Morgan fingerprint density at radius 3 is 2.33 bits per heavy atom. The van der Waals surface area contributed by atoms with Gasteiger partial charge in [0.25, 0.3) is 0 Å². The predicted molar refractivity (Wildman–Crippen MR) is 111 cm³/mol. The number of aliphatic hydroxyl groups excluding tert-OH is 5. The Hall–Kier alpha value is -1.51. The summed E-state index contributed by atoms with van der Waals surface area (Å²) < 4.78 is 5.94. The summed E-state index contributed by atoms with van der Waals surface area (Å²) >= 11 is 6.51. The molecule has 4 rings (SSSR count). The Labute approximate surface area is 180 Å². The fourth-order valence-electron chi connectivity index (χ4n) is 4.66. The van der Waals surface area contributed by atoms with E-state index in [2.05, 4.69) is 19.1 Å². The number of hydrogen-bond acceptors (Lipinski definition) is 6. The average molecular weight is 435 g/mol. The first kappa shape index (κ1) is 21.7. The second-order valence-corrected chi connectivity index (χ2v) is 8.66. The Morgan fingerprint density at radius 2 is 1.70 bits per heavy atom. The molecule has 6 nitrogen and oxygen atoms in total. The third-order valence-corrected chi connectivity index (χ3v) is 6.78. The average Bonchev–Trinajstić information content (AvgIpc) is 3.01. The van der Waals surface area contributed by atoms with Crippen LogP contribution in [0, 0.1) is 0 Å². The summed E-state index contributed by atoms with van der Waals surface area (Å²) in [6.45, 7) is 1.57. The van der Waals surface area contributed by atoms with Gasteiger partial charge in [0.15, 0.2) is 0 Å². The maximum Gasteiger partial charge on any atom is 0.125 e. The van der Waals surface area contributed by atoms with Crippen LogP contribution < -0.4 is 0 Å². The van der Waals surface area contributed by atoms with Crippen molar-refractivity contribution in [1.29, 1.82) is 0 Å². The van der Waals surface area contributed by atoms with E-state index in [0.717, 1.165) is 17.5 Å². The normalized spacial score (nSPS) is 33.1. The second kappa shape index (κ2) is 8.20. The Balaban J connectivity index is 1.75. The SMILES string of the molecule is CCc1ccc(Cc2cc3c(cc2Cl)C(O)CC32OC(CO)C(O)C(O)C2O)cc1. The van der Waals surface area contributed by atoms with Gasteiger partial charge in [0.1, 0.15) is 30.0 Å². The van der Waals surface area contributed by atoms with Gasteiger partial charge in [-0.05, 0) is 46.7 Å². The van der Waals surface area contributed by atoms with Crippen molar-refractivity contribution in [2.45, 2.75) is 62.3 Å². The highest BCUT2D eigenvalue weighted by molar-refractivity contribution is 6.31. The lowest BCUT2D eigenvalue weighted by Gasteiger charge is -2.47. The summed E-state index contributed by atoms with van der Waals surface area (Å²) in [5.41, 5.74) is 2.70. The van der Waals surface area contributed by atoms with Crippen molar-refractivity contribution < 1.29 is 30.3 Å². The lowest BCUT2D eigenvalue weighted by molar-refractivity contribution is -0.282. The second-order valence-electron chi connectivity index (χ2n) is 8.25. The molecule has 6 unspecified atom stereocenters. The molecule has 2 aliphatic rings. The molecule has 162 valence electrons. The van der Waals surface area contributed by atoms with E-state index < -0.39 is 42.7 Å². The fraction of sp³-hybridized carbons (Fsp3) is 0.478. The number of aryl methyl sites for hydroxylation is 1. The predicted octanol–water partition coefficient (Wildman–Crippen LogP) is 1.60. The van der Waals surface area contributed by atoms with Crippen LogP contribution in [0.1, 0.15) is 47.3 Å². The first-order chi connectivity index (χ1) is 14.3. The molecule has 0 radical (unpaired) electrons. The molecule has 2 aromatic rings. The molecule has 0 amide bonds. The van der Waals surface area contributed by atoms with Crippen molar-refractivity contribution in [3.05, 3.63) is 69.2 Å². The quantitative estimate of drug-likeness (QED) is 0.500. The van der Waals surface area contributed by atoms with E-state index in [1.165, 1.54) is 5.56 Å². The van der Waals surface area contributed by atoms with E-state index in [1.54, 1.807) is 12.1 Å². The van der Waals surface area contributed by atoms with Crippen molar-refractivity contribution in [2.24, 2.45) is 0 Å². The molecule has 2 aromatic carbocycles. The van der Waals surface area contributed by atoms with E-state index in [9.17, 15) is 25.5 Å². The first-order valence-corrected chi connectivity index (χ1v) is 10.6. The zero-order valence-corrected chi connectivity index (χ0v) is 17.5. The summed E-state index contributed by atoms with van der Waals surface area (Å²) in [4.78, 5) is 0. The van der Waals surface area contributed by atoms with Gasteiger partial charge in [-0.15, -0.1) is 0 Å². The number of halogens is 1. The van der Waals surface area contributed by atoms with Gasteiger partial charge in [0.2, 0.25) is 0 Å². The van der Waals surface area contributed by atoms with Crippen molar-refractivity contribution in [3.63, 3.8) is 0 Å². The molecule has 5 N–H and O–H groups in total. The molecule has 1 aliphatic heterocycles. The topological polar surface area (TPSA) is 110 Å². The summed E-state index contributed by atoms with van der Waals surface area (Å²) in [5, 5.41) is 52.1. The molecule has 0 saturated carbocycles. The van der Waals surface area contributed by atoms with Crippen LogP contribution in [-0.2, 0) is 23.2 Å². The molecule has 0 aromatic heterocycles. The Bertz CT molecular complexity index is 915. The number of ether oxygens (including phenoxy) is 1. The van der Waals surface area contributed by atoms with Crippen molar-refractivity contribution >= 4 is 11.6 Å². The van der Waals surface area contributed by atoms with Crippen LogP contribution in [0.5, 0.6) is 0 Å². The van der Waals surface area contributed by atoms with Crippen LogP contribution in [0.4, 0.5) is 0 Å². The van der Waals surface area contributed by atoms with Crippen LogP contribution in [0.25, 0.3) is 0 Å². The van der Waals surface area contributed by atoms with Crippen LogP contribution in [0.3, 0.4) is 0 Å². The highest BCUT2D eigenvalue weighted by atomic mass is 35.5. The maximum atomic E-state index is 10.8. The molecule has 7 heteroatoms. The van der Waals surface area contributed by atoms with Gasteiger partial charge in [0.05, 0.1) is 12.7 Å². The smallest absolute Gasteiger partial charge is 0.125 e. The number of rotatable bonds is 4. The van der Waals surface area contributed by atoms with E-state index in [0.29, 0.717) is 22.6 Å². The van der Waals surface area contributed by atoms with Gasteiger partial charge < -0.3 is 30.3 Å². The number of aliphatic hydroxyl groups is 5. The standard InChI is InChI=1S/C23H27ClO6/c1-2-12-3-5-13(6-4-12)7-14-8-16-15(9-17(14)24)18(26)10-23(16)22(29)21(28)20(27)19(11-25)30-23/h3-6,8-9,18-22,25-29H,2,7,10-11H2,1H3. The van der Waals surface area contributed by atoms with E-state index >= 15 is 0 Å². The largest absolute Gasteiger partial charge is 0.394 e. The van der Waals surface area contributed by atoms with Crippen LogP contribution in [0.15, 0.2) is 36.4 Å². The van der Waals surface area contributed by atoms with Gasteiger partial charge >= 0.3 is 0 Å². The third kappa shape index (κ3) is 3.46. The van der Waals surface area contributed by atoms with Crippen molar-refractivity contribution in [3.8, 4) is 0 Å². The van der Waals surface area contributed by atoms with Gasteiger partial charge in [0, 0.05) is 11.4 Å². The van der Waals surface area contributed by atoms with Gasteiger partial charge in [-0.25, -0.2) is 0 Å². The van der Waals surface area contributed by atoms with Gasteiger partial charge in [-0.2, -0.15) is 0 Å². The van der Waals surface area contributed by atoms with E-state index in [4.69, 9.17) is 16.3 Å². The van der Waals surface area contributed by atoms with Crippen molar-refractivity contribution in [1.82, 2.24) is 0 Å². The lowest BCUT2D eigenvalue weighted by atomic mass is 9.80. The fourth-order valence-corrected chi connectivity index (χ4v) is 4.90. The molecule has 1 saturated heterocycles. The number of hydrogen-bond donors (Lipinski definition) is 5. The summed E-state index contributed by atoms with van der Waals surface area (Å²) in [6.07, 6.45) is -4.95. The van der Waals surface area contributed by atoms with Crippen LogP contribution in [-0.4, -0.2) is 56.6 Å². The molecule has 30 heavy (non-hydrogen) atoms.